The van der Waals surface area contributed by atoms with Gasteiger partial charge in [0.05, 0.1) is 28.3 Å². The number of anilines is 1. The number of ether oxygens (including phenoxy) is 1. The molecule has 1 unspecified atom stereocenters. The monoisotopic (exact) mass is 559 g/mol. The number of rotatable bonds is 7. The quantitative estimate of drug-likeness (QED) is 0.299. The van der Waals surface area contributed by atoms with E-state index < -0.39 is 21.9 Å². The van der Waals surface area contributed by atoms with Gasteiger partial charge in [0.2, 0.25) is 15.9 Å². The molecule has 1 saturated heterocycles. The van der Waals surface area contributed by atoms with Crippen LogP contribution < -0.4 is 9.64 Å². The van der Waals surface area contributed by atoms with Gasteiger partial charge in [0.25, 0.3) is 0 Å². The first-order chi connectivity index (χ1) is 17.8. The second-order valence-electron chi connectivity index (χ2n) is 8.56. The summed E-state index contributed by atoms with van der Waals surface area (Å²) in [4.78, 5) is 20.2. The maximum Gasteiger partial charge on any atom is 0.247 e. The third-order valence-corrected chi connectivity index (χ3v) is 9.72. The summed E-state index contributed by atoms with van der Waals surface area (Å²) >= 11 is 7.68. The maximum atomic E-state index is 14.1. The minimum absolute atomic E-state index is 0.0558. The highest BCUT2D eigenvalue weighted by Crippen LogP contribution is 2.40. The Kier molecular flexibility index (Phi) is 7.17. The Morgan fingerprint density at radius 3 is 2.59 bits per heavy atom. The molecule has 7 nitrogen and oxygen atoms in total. The molecular formula is C26H23ClFN3O4S2. The van der Waals surface area contributed by atoms with Crippen LogP contribution in [0.5, 0.6) is 5.75 Å². The van der Waals surface area contributed by atoms with E-state index in [-0.39, 0.29) is 23.9 Å². The van der Waals surface area contributed by atoms with Gasteiger partial charge in [-0.1, -0.05) is 53.3 Å². The first-order valence-corrected chi connectivity index (χ1v) is 14.2. The Morgan fingerprint density at radius 1 is 1.16 bits per heavy atom. The summed E-state index contributed by atoms with van der Waals surface area (Å²) in [5.41, 5.74) is 1.39. The number of carbonyl (C=O) groups excluding carboxylic acids is 1. The molecule has 2 heterocycles. The van der Waals surface area contributed by atoms with Gasteiger partial charge in [-0.05, 0) is 54.8 Å². The van der Waals surface area contributed by atoms with Gasteiger partial charge >= 0.3 is 0 Å². The number of methoxy groups -OCH3 is 1. The van der Waals surface area contributed by atoms with E-state index in [0.717, 1.165) is 17.7 Å². The molecule has 0 radical (unpaired) electrons. The van der Waals surface area contributed by atoms with Crippen LogP contribution in [0.2, 0.25) is 5.02 Å². The minimum Gasteiger partial charge on any atom is -0.494 e. The molecule has 0 N–H and O–H groups in total. The lowest BCUT2D eigenvalue weighted by Gasteiger charge is -2.28. The van der Waals surface area contributed by atoms with Crippen LogP contribution >= 0.6 is 22.9 Å². The first-order valence-electron chi connectivity index (χ1n) is 11.6. The van der Waals surface area contributed by atoms with Crippen molar-refractivity contribution in [2.24, 2.45) is 0 Å². The molecule has 192 valence electrons. The van der Waals surface area contributed by atoms with Crippen molar-refractivity contribution in [3.05, 3.63) is 83.1 Å². The third kappa shape index (κ3) is 4.94. The molecule has 1 aromatic heterocycles. The summed E-state index contributed by atoms with van der Waals surface area (Å²) in [5, 5.41) is 0.870. The lowest BCUT2D eigenvalue weighted by molar-refractivity contribution is -0.121. The third-order valence-electron chi connectivity index (χ3n) is 6.26. The SMILES string of the molecule is COc1ccc(Cl)c2sc(N(Cc3ccccc3)C(=O)C3CCCN3S(=O)(=O)c3ccc(F)cc3)nc12. The molecule has 4 aromatic rings. The molecule has 1 aliphatic rings. The summed E-state index contributed by atoms with van der Waals surface area (Å²) < 4.78 is 47.6. The van der Waals surface area contributed by atoms with E-state index in [2.05, 4.69) is 0 Å². The van der Waals surface area contributed by atoms with Gasteiger partial charge in [0, 0.05) is 6.54 Å². The summed E-state index contributed by atoms with van der Waals surface area (Å²) in [6, 6.07) is 16.5. The van der Waals surface area contributed by atoms with Gasteiger partial charge in [0.15, 0.2) is 5.13 Å². The number of carbonyl (C=O) groups is 1. The Labute approximate surface area is 223 Å². The van der Waals surface area contributed by atoms with Crippen LogP contribution in [0.25, 0.3) is 10.2 Å². The fourth-order valence-electron chi connectivity index (χ4n) is 4.42. The number of sulfonamides is 1. The molecular weight excluding hydrogens is 537 g/mol. The van der Waals surface area contributed by atoms with E-state index in [9.17, 15) is 17.6 Å². The molecule has 11 heteroatoms. The van der Waals surface area contributed by atoms with Crippen molar-refractivity contribution in [2.75, 3.05) is 18.6 Å². The highest BCUT2D eigenvalue weighted by Gasteiger charge is 2.42. The average molecular weight is 560 g/mol. The second kappa shape index (κ2) is 10.4. The van der Waals surface area contributed by atoms with Crippen LogP contribution in [0.15, 0.2) is 71.6 Å². The molecule has 0 aliphatic carbocycles. The Balaban J connectivity index is 1.55. The largest absolute Gasteiger partial charge is 0.494 e. The Bertz CT molecular complexity index is 1550. The van der Waals surface area contributed by atoms with Crippen molar-refractivity contribution in [2.45, 2.75) is 30.3 Å². The van der Waals surface area contributed by atoms with Crippen molar-refractivity contribution >= 4 is 54.2 Å². The molecule has 37 heavy (non-hydrogen) atoms. The van der Waals surface area contributed by atoms with E-state index in [4.69, 9.17) is 21.3 Å². The molecule has 0 spiro atoms. The van der Waals surface area contributed by atoms with E-state index >= 15 is 0 Å². The van der Waals surface area contributed by atoms with Crippen LogP contribution in [0, 0.1) is 5.82 Å². The minimum atomic E-state index is -4.02. The molecule has 0 saturated carbocycles. The van der Waals surface area contributed by atoms with Crippen molar-refractivity contribution in [3.8, 4) is 5.75 Å². The van der Waals surface area contributed by atoms with E-state index in [1.54, 1.807) is 12.1 Å². The number of aromatic nitrogens is 1. The summed E-state index contributed by atoms with van der Waals surface area (Å²) in [7, 11) is -2.49. The molecule has 1 atom stereocenters. The number of fused-ring (bicyclic) bond motifs is 1. The van der Waals surface area contributed by atoms with E-state index in [1.165, 1.54) is 39.8 Å². The van der Waals surface area contributed by atoms with Crippen molar-refractivity contribution in [1.29, 1.82) is 0 Å². The van der Waals surface area contributed by atoms with Gasteiger partial charge in [-0.3, -0.25) is 9.69 Å². The zero-order chi connectivity index (χ0) is 26.2. The Morgan fingerprint density at radius 2 is 1.89 bits per heavy atom. The van der Waals surface area contributed by atoms with Crippen LogP contribution in [0.1, 0.15) is 18.4 Å². The number of hydrogen-bond donors (Lipinski definition) is 0. The van der Waals surface area contributed by atoms with Crippen LogP contribution in [0.3, 0.4) is 0 Å². The number of halogens is 2. The van der Waals surface area contributed by atoms with Crippen molar-refractivity contribution in [3.63, 3.8) is 0 Å². The zero-order valence-electron chi connectivity index (χ0n) is 19.8. The van der Waals surface area contributed by atoms with Crippen LogP contribution in [0.4, 0.5) is 9.52 Å². The molecule has 5 rings (SSSR count). The topological polar surface area (TPSA) is 79.8 Å². The predicted molar refractivity (Wildman–Crippen MR) is 142 cm³/mol. The lowest BCUT2D eigenvalue weighted by atomic mass is 10.1. The molecule has 3 aromatic carbocycles. The number of benzene rings is 3. The van der Waals surface area contributed by atoms with E-state index in [0.29, 0.717) is 39.0 Å². The smallest absolute Gasteiger partial charge is 0.247 e. The maximum absolute atomic E-state index is 14.1. The zero-order valence-corrected chi connectivity index (χ0v) is 22.2. The predicted octanol–water partition coefficient (Wildman–Crippen LogP) is 5.48. The standard InChI is InChI=1S/C26H23ClFN3O4S2/c1-35-22-14-13-20(27)24-23(22)29-26(36-24)30(16-17-6-3-2-4-7-17)25(32)21-8-5-15-31(21)37(33,34)19-11-9-18(28)10-12-19/h2-4,6-7,9-14,21H,5,8,15-16H2,1H3. The van der Waals surface area contributed by atoms with Gasteiger partial charge in [-0.15, -0.1) is 0 Å². The molecule has 1 fully saturated rings. The summed E-state index contributed by atoms with van der Waals surface area (Å²) in [6.07, 6.45) is 0.884. The van der Waals surface area contributed by atoms with Gasteiger partial charge in [0.1, 0.15) is 23.1 Å². The summed E-state index contributed by atoms with van der Waals surface area (Å²) in [5.74, 6) is -0.400. The number of amides is 1. The fraction of sp³-hybridized carbons (Fsp3) is 0.231. The average Bonchev–Trinajstić information content (AvgIpc) is 3.57. The van der Waals surface area contributed by atoms with Crippen LogP contribution in [-0.4, -0.2) is 43.3 Å². The lowest BCUT2D eigenvalue weighted by Crippen LogP contribution is -2.47. The number of nitrogens with zero attached hydrogens (tertiary/aromatic N) is 3. The van der Waals surface area contributed by atoms with Gasteiger partial charge in [-0.25, -0.2) is 17.8 Å². The highest BCUT2D eigenvalue weighted by atomic mass is 35.5. The fourth-order valence-corrected chi connectivity index (χ4v) is 7.34. The molecule has 1 amide bonds. The van der Waals surface area contributed by atoms with Crippen LogP contribution in [-0.2, 0) is 21.4 Å². The molecule has 1 aliphatic heterocycles. The summed E-state index contributed by atoms with van der Waals surface area (Å²) in [6.45, 7) is 0.384. The number of thiazole rings is 1. The normalized spacial score (nSPS) is 16.2. The molecule has 0 bridgehead atoms. The van der Waals surface area contributed by atoms with Crippen molar-refractivity contribution in [1.82, 2.24) is 9.29 Å². The highest BCUT2D eigenvalue weighted by molar-refractivity contribution is 7.89. The van der Waals surface area contributed by atoms with Gasteiger partial charge in [-0.2, -0.15) is 4.31 Å². The number of hydrogen-bond acceptors (Lipinski definition) is 6. The van der Waals surface area contributed by atoms with Gasteiger partial charge < -0.3 is 4.74 Å². The first kappa shape index (κ1) is 25.6. The Hall–Kier alpha value is -3.05. The second-order valence-corrected chi connectivity index (χ2v) is 11.8. The van der Waals surface area contributed by atoms with Crippen molar-refractivity contribution < 1.29 is 22.3 Å². The van der Waals surface area contributed by atoms with E-state index in [1.807, 2.05) is 30.3 Å².